The molecule has 0 amide bonds. The minimum Gasteiger partial charge on any atom is -0.330 e. The van der Waals surface area contributed by atoms with Gasteiger partial charge in [0.25, 0.3) is 0 Å². The molecule has 100 valence electrons. The Labute approximate surface area is 104 Å². The monoisotopic (exact) mass is 260 g/mol. The van der Waals surface area contributed by atoms with Crippen LogP contribution in [-0.2, 0) is 9.84 Å². The second kappa shape index (κ2) is 5.67. The molecule has 2 saturated heterocycles. The van der Waals surface area contributed by atoms with Gasteiger partial charge in [-0.1, -0.05) is 6.42 Å². The van der Waals surface area contributed by atoms with Gasteiger partial charge in [0.15, 0.2) is 9.84 Å². The third-order valence-electron chi connectivity index (χ3n) is 4.18. The average molecular weight is 260 g/mol. The largest absolute Gasteiger partial charge is 0.330 e. The van der Waals surface area contributed by atoms with Gasteiger partial charge < -0.3 is 10.6 Å². The first-order valence-corrected chi connectivity index (χ1v) is 8.56. The van der Waals surface area contributed by atoms with E-state index in [2.05, 4.69) is 4.90 Å². The summed E-state index contributed by atoms with van der Waals surface area (Å²) >= 11 is 0. The molecule has 2 aliphatic rings. The van der Waals surface area contributed by atoms with Crippen molar-refractivity contribution >= 4 is 9.84 Å². The van der Waals surface area contributed by atoms with Crippen LogP contribution in [0.5, 0.6) is 0 Å². The molecule has 0 aromatic carbocycles. The smallest absolute Gasteiger partial charge is 0.150 e. The van der Waals surface area contributed by atoms with Crippen molar-refractivity contribution in [3.05, 3.63) is 0 Å². The van der Waals surface area contributed by atoms with Crippen LogP contribution in [0.25, 0.3) is 0 Å². The van der Waals surface area contributed by atoms with Crippen molar-refractivity contribution in [1.29, 1.82) is 0 Å². The van der Waals surface area contributed by atoms with E-state index in [9.17, 15) is 8.42 Å². The summed E-state index contributed by atoms with van der Waals surface area (Å²) in [5, 5.41) is 0. The Balaban J connectivity index is 1.88. The number of sulfone groups is 1. The zero-order valence-corrected chi connectivity index (χ0v) is 11.3. The molecule has 2 aliphatic heterocycles. The standard InChI is InChI=1S/C12H24N2O2S/c13-8-12(9-14-5-2-1-3-6-14)11-4-7-17(15,16)10-11/h11-12H,1-10,13H2. The second-order valence-corrected chi connectivity index (χ2v) is 7.75. The van der Waals surface area contributed by atoms with E-state index in [1.807, 2.05) is 0 Å². The highest BCUT2D eigenvalue weighted by molar-refractivity contribution is 7.91. The Morgan fingerprint density at radius 1 is 1.24 bits per heavy atom. The summed E-state index contributed by atoms with van der Waals surface area (Å²) in [4.78, 5) is 2.46. The number of hydrogen-bond donors (Lipinski definition) is 1. The molecular formula is C12H24N2O2S. The minimum absolute atomic E-state index is 0.298. The van der Waals surface area contributed by atoms with Crippen molar-refractivity contribution in [3.8, 4) is 0 Å². The number of piperidine rings is 1. The predicted molar refractivity (Wildman–Crippen MR) is 69.6 cm³/mol. The van der Waals surface area contributed by atoms with Gasteiger partial charge in [0, 0.05) is 6.54 Å². The number of nitrogens with two attached hydrogens (primary N) is 1. The summed E-state index contributed by atoms with van der Waals surface area (Å²) in [6.45, 7) is 3.94. The molecular weight excluding hydrogens is 236 g/mol. The first-order valence-electron chi connectivity index (χ1n) is 6.73. The van der Waals surface area contributed by atoms with Crippen molar-refractivity contribution in [2.45, 2.75) is 25.7 Å². The fourth-order valence-corrected chi connectivity index (χ4v) is 5.00. The molecule has 2 unspecified atom stereocenters. The normalized spacial score (nSPS) is 31.5. The van der Waals surface area contributed by atoms with Gasteiger partial charge >= 0.3 is 0 Å². The summed E-state index contributed by atoms with van der Waals surface area (Å²) in [5.74, 6) is 1.40. The Morgan fingerprint density at radius 3 is 2.47 bits per heavy atom. The first kappa shape index (κ1) is 13.3. The second-order valence-electron chi connectivity index (χ2n) is 5.52. The van der Waals surface area contributed by atoms with Gasteiger partial charge in [0.2, 0.25) is 0 Å². The highest BCUT2D eigenvalue weighted by Crippen LogP contribution is 2.26. The Kier molecular flexibility index (Phi) is 4.44. The Bertz CT molecular complexity index is 336. The van der Waals surface area contributed by atoms with Crippen LogP contribution in [0.4, 0.5) is 0 Å². The summed E-state index contributed by atoms with van der Waals surface area (Å²) < 4.78 is 23.0. The lowest BCUT2D eigenvalue weighted by atomic mass is 9.91. The molecule has 2 N–H and O–H groups in total. The van der Waals surface area contributed by atoms with E-state index in [0.29, 0.717) is 29.9 Å². The topological polar surface area (TPSA) is 63.4 Å². The van der Waals surface area contributed by atoms with E-state index < -0.39 is 9.84 Å². The fourth-order valence-electron chi connectivity index (χ4n) is 3.09. The van der Waals surface area contributed by atoms with Gasteiger partial charge in [-0.2, -0.15) is 0 Å². The summed E-state index contributed by atoms with van der Waals surface area (Å²) in [7, 11) is -2.77. The quantitative estimate of drug-likeness (QED) is 0.798. The molecule has 5 heteroatoms. The lowest BCUT2D eigenvalue weighted by molar-refractivity contribution is 0.173. The minimum atomic E-state index is -2.77. The lowest BCUT2D eigenvalue weighted by Crippen LogP contribution is -2.39. The third-order valence-corrected chi connectivity index (χ3v) is 5.97. The van der Waals surface area contributed by atoms with Crippen LogP contribution in [0, 0.1) is 11.8 Å². The van der Waals surface area contributed by atoms with Gasteiger partial charge in [-0.3, -0.25) is 0 Å². The summed E-state index contributed by atoms with van der Waals surface area (Å²) in [5.41, 5.74) is 5.84. The van der Waals surface area contributed by atoms with Gasteiger partial charge in [-0.05, 0) is 50.7 Å². The first-order chi connectivity index (χ1) is 8.11. The fraction of sp³-hybridized carbons (Fsp3) is 1.00. The molecule has 4 nitrogen and oxygen atoms in total. The number of hydrogen-bond acceptors (Lipinski definition) is 4. The molecule has 0 aromatic rings. The summed E-state index contributed by atoms with van der Waals surface area (Å²) in [6.07, 6.45) is 4.71. The highest BCUT2D eigenvalue weighted by atomic mass is 32.2. The van der Waals surface area contributed by atoms with Crippen LogP contribution < -0.4 is 5.73 Å². The highest BCUT2D eigenvalue weighted by Gasteiger charge is 2.33. The van der Waals surface area contributed by atoms with E-state index in [0.717, 1.165) is 26.1 Å². The zero-order chi connectivity index (χ0) is 12.3. The van der Waals surface area contributed by atoms with Crippen LogP contribution >= 0.6 is 0 Å². The zero-order valence-electron chi connectivity index (χ0n) is 10.5. The van der Waals surface area contributed by atoms with Crippen LogP contribution in [0.2, 0.25) is 0 Å². The van der Waals surface area contributed by atoms with Crippen LogP contribution in [0.15, 0.2) is 0 Å². The average Bonchev–Trinajstić information content (AvgIpc) is 2.68. The number of likely N-dealkylation sites (tertiary alicyclic amines) is 1. The van der Waals surface area contributed by atoms with Crippen LogP contribution in [-0.4, -0.2) is 51.0 Å². The lowest BCUT2D eigenvalue weighted by Gasteiger charge is -2.32. The van der Waals surface area contributed by atoms with Crippen molar-refractivity contribution in [1.82, 2.24) is 4.90 Å². The van der Waals surface area contributed by atoms with Crippen LogP contribution in [0.1, 0.15) is 25.7 Å². The molecule has 0 aliphatic carbocycles. The van der Waals surface area contributed by atoms with Crippen LogP contribution in [0.3, 0.4) is 0 Å². The van der Waals surface area contributed by atoms with E-state index in [-0.39, 0.29) is 0 Å². The maximum Gasteiger partial charge on any atom is 0.150 e. The molecule has 17 heavy (non-hydrogen) atoms. The van der Waals surface area contributed by atoms with E-state index >= 15 is 0 Å². The molecule has 0 saturated carbocycles. The van der Waals surface area contributed by atoms with Crippen molar-refractivity contribution in [3.63, 3.8) is 0 Å². The van der Waals surface area contributed by atoms with Gasteiger partial charge in [-0.15, -0.1) is 0 Å². The van der Waals surface area contributed by atoms with E-state index in [4.69, 9.17) is 5.73 Å². The molecule has 2 rings (SSSR count). The molecule has 2 fully saturated rings. The molecule has 0 bridgehead atoms. The molecule has 0 spiro atoms. The Hall–Kier alpha value is -0.130. The molecule has 0 aromatic heterocycles. The number of rotatable bonds is 4. The maximum absolute atomic E-state index is 11.5. The van der Waals surface area contributed by atoms with Crippen molar-refractivity contribution in [2.75, 3.05) is 37.7 Å². The van der Waals surface area contributed by atoms with Gasteiger partial charge in [-0.25, -0.2) is 8.42 Å². The van der Waals surface area contributed by atoms with Gasteiger partial charge in [0.1, 0.15) is 0 Å². The van der Waals surface area contributed by atoms with E-state index in [1.165, 1.54) is 19.3 Å². The third kappa shape index (κ3) is 3.66. The molecule has 2 heterocycles. The van der Waals surface area contributed by atoms with Gasteiger partial charge in [0.05, 0.1) is 11.5 Å². The summed E-state index contributed by atoms with van der Waals surface area (Å²) in [6, 6.07) is 0. The maximum atomic E-state index is 11.5. The molecule has 0 radical (unpaired) electrons. The molecule has 2 atom stereocenters. The van der Waals surface area contributed by atoms with Crippen molar-refractivity contribution in [2.24, 2.45) is 17.6 Å². The predicted octanol–water partition coefficient (Wildman–Crippen LogP) is 0.482. The Morgan fingerprint density at radius 2 is 1.94 bits per heavy atom. The van der Waals surface area contributed by atoms with Crippen molar-refractivity contribution < 1.29 is 8.42 Å². The number of nitrogens with zero attached hydrogens (tertiary/aromatic N) is 1. The van der Waals surface area contributed by atoms with E-state index in [1.54, 1.807) is 0 Å². The SMILES string of the molecule is NCC(CN1CCCCC1)C1CCS(=O)(=O)C1.